The van der Waals surface area contributed by atoms with E-state index in [9.17, 15) is 9.90 Å². The molecule has 1 heterocycles. The Labute approximate surface area is 126 Å². The molecule has 1 N–H and O–H groups in total. The van der Waals surface area contributed by atoms with Gasteiger partial charge in [-0.25, -0.2) is 4.79 Å². The largest absolute Gasteiger partial charge is 0.510 e. The smallest absolute Gasteiger partial charge is 0.337 e. The van der Waals surface area contributed by atoms with Gasteiger partial charge in [0, 0.05) is 12.1 Å². The molecule has 0 amide bonds. The summed E-state index contributed by atoms with van der Waals surface area (Å²) in [5.74, 6) is -0.261. The summed E-state index contributed by atoms with van der Waals surface area (Å²) in [7, 11) is 0. The number of esters is 1. The van der Waals surface area contributed by atoms with Crippen LogP contribution in [0.4, 0.5) is 0 Å². The van der Waals surface area contributed by atoms with Crippen LogP contribution < -0.4 is 0 Å². The normalized spacial score (nSPS) is 21.2. The van der Waals surface area contributed by atoms with E-state index < -0.39 is 5.97 Å². The number of benzene rings is 1. The summed E-state index contributed by atoms with van der Waals surface area (Å²) >= 11 is 0. The van der Waals surface area contributed by atoms with Crippen molar-refractivity contribution in [2.24, 2.45) is 0 Å². The summed E-state index contributed by atoms with van der Waals surface area (Å²) in [6.45, 7) is 6.67. The molecule has 0 aliphatic carbocycles. The number of carbonyl (C=O) groups excluding carboxylic acids is 1. The average molecular weight is 289 g/mol. The highest BCUT2D eigenvalue weighted by atomic mass is 16.5. The number of rotatable bonds is 4. The molecule has 1 aromatic carbocycles. The highest BCUT2D eigenvalue weighted by Crippen LogP contribution is 2.30. The summed E-state index contributed by atoms with van der Waals surface area (Å²) in [4.78, 5) is 14.0. The summed E-state index contributed by atoms with van der Waals surface area (Å²) < 4.78 is 5.01. The van der Waals surface area contributed by atoms with Crippen molar-refractivity contribution in [2.45, 2.75) is 39.3 Å². The van der Waals surface area contributed by atoms with E-state index in [4.69, 9.17) is 4.74 Å². The van der Waals surface area contributed by atoms with Gasteiger partial charge in [0.15, 0.2) is 0 Å². The molecule has 0 aromatic heterocycles. The SMILES string of the molecule is CCOC(=O)C1=C(O)CN([C@@H](C)c2ccccc2)[C@H](C)C1. The van der Waals surface area contributed by atoms with Gasteiger partial charge in [-0.05, 0) is 32.8 Å². The maximum atomic E-state index is 11.8. The maximum Gasteiger partial charge on any atom is 0.337 e. The molecular weight excluding hydrogens is 266 g/mol. The third-order valence-electron chi connectivity index (χ3n) is 4.05. The molecule has 1 aromatic rings. The second kappa shape index (κ2) is 6.76. The van der Waals surface area contributed by atoms with Crippen LogP contribution in [-0.4, -0.2) is 35.2 Å². The van der Waals surface area contributed by atoms with Crippen LogP contribution in [-0.2, 0) is 9.53 Å². The van der Waals surface area contributed by atoms with Gasteiger partial charge in [0.2, 0.25) is 0 Å². The van der Waals surface area contributed by atoms with Crippen molar-refractivity contribution < 1.29 is 14.6 Å². The number of carbonyl (C=O) groups is 1. The van der Waals surface area contributed by atoms with E-state index in [0.29, 0.717) is 25.1 Å². The molecule has 2 rings (SSSR count). The Morgan fingerprint density at radius 1 is 1.43 bits per heavy atom. The van der Waals surface area contributed by atoms with Crippen LogP contribution in [0.2, 0.25) is 0 Å². The number of nitrogens with zero attached hydrogens (tertiary/aromatic N) is 1. The molecule has 1 aliphatic heterocycles. The lowest BCUT2D eigenvalue weighted by molar-refractivity contribution is -0.139. The zero-order valence-electron chi connectivity index (χ0n) is 12.9. The minimum Gasteiger partial charge on any atom is -0.510 e. The first-order chi connectivity index (χ1) is 10.0. The van der Waals surface area contributed by atoms with Crippen LogP contribution in [0.5, 0.6) is 0 Å². The summed E-state index contributed by atoms with van der Waals surface area (Å²) in [6.07, 6.45) is 0.516. The predicted octanol–water partition coefficient (Wildman–Crippen LogP) is 3.22. The number of hydrogen-bond acceptors (Lipinski definition) is 4. The minimum atomic E-state index is -0.395. The molecule has 0 bridgehead atoms. The fourth-order valence-electron chi connectivity index (χ4n) is 2.82. The zero-order valence-corrected chi connectivity index (χ0v) is 12.9. The van der Waals surface area contributed by atoms with Gasteiger partial charge in [0.05, 0.1) is 18.7 Å². The Kier molecular flexibility index (Phi) is 5.02. The van der Waals surface area contributed by atoms with E-state index in [1.807, 2.05) is 18.2 Å². The molecule has 1 aliphatic rings. The van der Waals surface area contributed by atoms with E-state index in [1.165, 1.54) is 5.56 Å². The minimum absolute atomic E-state index is 0.134. The predicted molar refractivity (Wildman–Crippen MR) is 81.9 cm³/mol. The third kappa shape index (κ3) is 3.45. The van der Waals surface area contributed by atoms with Gasteiger partial charge in [0.25, 0.3) is 0 Å². The van der Waals surface area contributed by atoms with Crippen molar-refractivity contribution in [3.8, 4) is 0 Å². The first kappa shape index (κ1) is 15.6. The Balaban J connectivity index is 2.17. The van der Waals surface area contributed by atoms with Crippen LogP contribution >= 0.6 is 0 Å². The lowest BCUT2D eigenvalue weighted by Gasteiger charge is -2.38. The molecule has 0 saturated heterocycles. The van der Waals surface area contributed by atoms with Gasteiger partial charge in [-0.15, -0.1) is 0 Å². The van der Waals surface area contributed by atoms with Crippen molar-refractivity contribution in [3.63, 3.8) is 0 Å². The summed E-state index contributed by atoms with van der Waals surface area (Å²) in [5.41, 5.74) is 1.62. The van der Waals surface area contributed by atoms with Gasteiger partial charge in [0.1, 0.15) is 5.76 Å². The highest BCUT2D eigenvalue weighted by molar-refractivity contribution is 5.89. The molecule has 21 heavy (non-hydrogen) atoms. The zero-order chi connectivity index (χ0) is 15.4. The van der Waals surface area contributed by atoms with E-state index >= 15 is 0 Å². The molecule has 0 radical (unpaired) electrons. The first-order valence-electron chi connectivity index (χ1n) is 7.43. The molecular formula is C17H23NO3. The summed E-state index contributed by atoms with van der Waals surface area (Å²) in [6, 6.07) is 10.5. The molecule has 0 spiro atoms. The lowest BCUT2D eigenvalue weighted by Crippen LogP contribution is -2.41. The molecule has 114 valence electrons. The van der Waals surface area contributed by atoms with Gasteiger partial charge in [-0.2, -0.15) is 0 Å². The fourth-order valence-corrected chi connectivity index (χ4v) is 2.82. The number of hydrogen-bond donors (Lipinski definition) is 1. The van der Waals surface area contributed by atoms with Crippen molar-refractivity contribution in [1.29, 1.82) is 0 Å². The topological polar surface area (TPSA) is 49.8 Å². The molecule has 2 atom stereocenters. The maximum absolute atomic E-state index is 11.8. The number of ether oxygens (including phenoxy) is 1. The van der Waals surface area contributed by atoms with E-state index in [2.05, 4.69) is 30.9 Å². The Morgan fingerprint density at radius 2 is 2.10 bits per heavy atom. The van der Waals surface area contributed by atoms with Crippen molar-refractivity contribution >= 4 is 5.97 Å². The van der Waals surface area contributed by atoms with Crippen LogP contribution in [0.1, 0.15) is 38.8 Å². The van der Waals surface area contributed by atoms with Crippen molar-refractivity contribution in [3.05, 3.63) is 47.2 Å². The fraction of sp³-hybridized carbons (Fsp3) is 0.471. The quantitative estimate of drug-likeness (QED) is 0.865. The van der Waals surface area contributed by atoms with Crippen molar-refractivity contribution in [2.75, 3.05) is 13.2 Å². The van der Waals surface area contributed by atoms with Crippen LogP contribution in [0.15, 0.2) is 41.7 Å². The van der Waals surface area contributed by atoms with Gasteiger partial charge in [-0.3, -0.25) is 4.90 Å². The van der Waals surface area contributed by atoms with E-state index in [-0.39, 0.29) is 17.8 Å². The first-order valence-corrected chi connectivity index (χ1v) is 7.43. The van der Waals surface area contributed by atoms with Crippen LogP contribution in [0.3, 0.4) is 0 Å². The standard InChI is InChI=1S/C17H23NO3/c1-4-21-17(20)15-10-12(2)18(11-16(15)19)13(3)14-8-6-5-7-9-14/h5-9,12-13,19H,4,10-11H2,1-3H3/t12-,13+/m1/s1. The Bertz CT molecular complexity index is 524. The summed E-state index contributed by atoms with van der Waals surface area (Å²) in [5, 5.41) is 10.2. The third-order valence-corrected chi connectivity index (χ3v) is 4.05. The Hall–Kier alpha value is -1.81. The monoisotopic (exact) mass is 289 g/mol. The molecule has 4 nitrogen and oxygen atoms in total. The van der Waals surface area contributed by atoms with E-state index in [0.717, 1.165) is 0 Å². The molecule has 0 fully saturated rings. The molecule has 0 unspecified atom stereocenters. The second-order valence-corrected chi connectivity index (χ2v) is 5.46. The van der Waals surface area contributed by atoms with E-state index in [1.54, 1.807) is 6.92 Å². The molecule has 0 saturated carbocycles. The number of aliphatic hydroxyl groups excluding tert-OH is 1. The van der Waals surface area contributed by atoms with Crippen LogP contribution in [0.25, 0.3) is 0 Å². The van der Waals surface area contributed by atoms with Crippen LogP contribution in [0, 0.1) is 0 Å². The average Bonchev–Trinajstić information content (AvgIpc) is 2.49. The second-order valence-electron chi connectivity index (χ2n) is 5.46. The lowest BCUT2D eigenvalue weighted by atomic mass is 9.96. The number of aliphatic hydroxyl groups is 1. The van der Waals surface area contributed by atoms with Gasteiger partial charge < -0.3 is 9.84 Å². The van der Waals surface area contributed by atoms with Gasteiger partial charge in [-0.1, -0.05) is 30.3 Å². The molecule has 4 heteroatoms. The highest BCUT2D eigenvalue weighted by Gasteiger charge is 2.32. The Morgan fingerprint density at radius 3 is 2.71 bits per heavy atom. The van der Waals surface area contributed by atoms with Gasteiger partial charge >= 0.3 is 5.97 Å². The van der Waals surface area contributed by atoms with Crippen molar-refractivity contribution in [1.82, 2.24) is 4.90 Å².